The van der Waals surface area contributed by atoms with Crippen LogP contribution < -0.4 is 20.3 Å². The molecule has 2 rings (SSSR count). The molecule has 0 radical (unpaired) electrons. The maximum absolute atomic E-state index is 12.6. The quantitative estimate of drug-likeness (QED) is 0.344. The average molecular weight is 528 g/mol. The molecule has 0 aliphatic carbocycles. The van der Waals surface area contributed by atoms with E-state index in [0.717, 1.165) is 30.2 Å². The molecule has 2 aromatic carbocycles. The fourth-order valence-electron chi connectivity index (χ4n) is 2.58. The van der Waals surface area contributed by atoms with Crippen LogP contribution in [-0.4, -0.2) is 25.5 Å². The number of ether oxygens (including phenoxy) is 2. The highest BCUT2D eigenvalue weighted by Gasteiger charge is 2.15. The van der Waals surface area contributed by atoms with E-state index in [-0.39, 0.29) is 0 Å². The van der Waals surface area contributed by atoms with Gasteiger partial charge in [0.1, 0.15) is 11.5 Å². The van der Waals surface area contributed by atoms with Gasteiger partial charge in [-0.05, 0) is 58.7 Å². The van der Waals surface area contributed by atoms with Crippen LogP contribution in [0.3, 0.4) is 0 Å². The third-order valence-corrected chi connectivity index (χ3v) is 5.26. The van der Waals surface area contributed by atoms with Gasteiger partial charge in [0.2, 0.25) is 0 Å². The first-order valence-corrected chi connectivity index (χ1v) is 10.9. The normalized spacial score (nSPS) is 10.3. The van der Waals surface area contributed by atoms with Crippen molar-refractivity contribution in [2.45, 2.75) is 32.6 Å². The van der Waals surface area contributed by atoms with Crippen LogP contribution >= 0.6 is 31.9 Å². The van der Waals surface area contributed by atoms with E-state index in [4.69, 9.17) is 9.47 Å². The molecular formula is C21H24Br2N2O4. The number of benzene rings is 2. The molecule has 0 fully saturated rings. The Balaban J connectivity index is 1.99. The predicted octanol–water partition coefficient (Wildman–Crippen LogP) is 5.25. The number of hydrogen-bond acceptors (Lipinski definition) is 4. The second-order valence-electron chi connectivity index (χ2n) is 6.31. The minimum Gasteiger partial charge on any atom is -0.496 e. The summed E-state index contributed by atoms with van der Waals surface area (Å²) in [5.41, 5.74) is 5.57. The van der Waals surface area contributed by atoms with Gasteiger partial charge in [0.25, 0.3) is 11.8 Å². The van der Waals surface area contributed by atoms with Gasteiger partial charge in [-0.15, -0.1) is 0 Å². The molecule has 2 N–H and O–H groups in total. The van der Waals surface area contributed by atoms with Gasteiger partial charge >= 0.3 is 0 Å². The molecule has 0 aliphatic rings. The summed E-state index contributed by atoms with van der Waals surface area (Å²) in [6, 6.07) is 10.1. The molecule has 0 heterocycles. The Bertz CT molecular complexity index is 859. The third kappa shape index (κ3) is 7.04. The zero-order valence-electron chi connectivity index (χ0n) is 16.4. The number of carbonyl (C=O) groups is 2. The van der Waals surface area contributed by atoms with E-state index in [1.165, 1.54) is 0 Å². The van der Waals surface area contributed by atoms with Crippen LogP contribution in [0.15, 0.2) is 45.3 Å². The van der Waals surface area contributed by atoms with Crippen molar-refractivity contribution in [2.24, 2.45) is 0 Å². The van der Waals surface area contributed by atoms with Crippen molar-refractivity contribution < 1.29 is 19.1 Å². The Morgan fingerprint density at radius 3 is 2.34 bits per heavy atom. The number of rotatable bonds is 9. The van der Waals surface area contributed by atoms with Gasteiger partial charge < -0.3 is 9.47 Å². The predicted molar refractivity (Wildman–Crippen MR) is 119 cm³/mol. The molecule has 0 atom stereocenters. The van der Waals surface area contributed by atoms with Gasteiger partial charge in [0.15, 0.2) is 0 Å². The lowest BCUT2D eigenvalue weighted by molar-refractivity contribution is 0.0844. The molecule has 0 saturated heterocycles. The van der Waals surface area contributed by atoms with Gasteiger partial charge in [-0.25, -0.2) is 0 Å². The van der Waals surface area contributed by atoms with Crippen molar-refractivity contribution in [2.75, 3.05) is 13.7 Å². The highest BCUT2D eigenvalue weighted by atomic mass is 79.9. The molecule has 156 valence electrons. The third-order valence-electron chi connectivity index (χ3n) is 4.15. The Hall–Kier alpha value is -2.06. The van der Waals surface area contributed by atoms with Gasteiger partial charge in [0, 0.05) is 10.0 Å². The number of halogens is 2. The average Bonchev–Trinajstić information content (AvgIpc) is 2.72. The van der Waals surface area contributed by atoms with Crippen molar-refractivity contribution in [3.8, 4) is 11.5 Å². The Morgan fingerprint density at radius 1 is 0.931 bits per heavy atom. The number of methoxy groups -OCH3 is 1. The van der Waals surface area contributed by atoms with Crippen LogP contribution in [0.5, 0.6) is 11.5 Å². The molecule has 6 nitrogen and oxygen atoms in total. The number of nitrogens with one attached hydrogen (secondary N) is 2. The lowest BCUT2D eigenvalue weighted by Crippen LogP contribution is -2.41. The molecule has 0 aromatic heterocycles. The lowest BCUT2D eigenvalue weighted by atomic mass is 10.2. The number of hydrogen-bond donors (Lipinski definition) is 2. The monoisotopic (exact) mass is 526 g/mol. The summed E-state index contributed by atoms with van der Waals surface area (Å²) in [4.78, 5) is 24.9. The first-order chi connectivity index (χ1) is 14.0. The summed E-state index contributed by atoms with van der Waals surface area (Å²) in [7, 11) is 1.54. The van der Waals surface area contributed by atoms with Crippen LogP contribution in [0.1, 0.15) is 53.3 Å². The van der Waals surface area contributed by atoms with E-state index in [0.29, 0.717) is 33.7 Å². The largest absolute Gasteiger partial charge is 0.496 e. The first-order valence-electron chi connectivity index (χ1n) is 9.32. The highest BCUT2D eigenvalue weighted by Crippen LogP contribution is 2.26. The van der Waals surface area contributed by atoms with E-state index in [2.05, 4.69) is 49.6 Å². The Labute approximate surface area is 187 Å². The molecule has 2 amide bonds. The van der Waals surface area contributed by atoms with Crippen molar-refractivity contribution in [1.82, 2.24) is 10.9 Å². The zero-order chi connectivity index (χ0) is 21.2. The zero-order valence-corrected chi connectivity index (χ0v) is 19.6. The van der Waals surface area contributed by atoms with Crippen LogP contribution in [-0.2, 0) is 0 Å². The van der Waals surface area contributed by atoms with Gasteiger partial charge in [-0.3, -0.25) is 20.4 Å². The number of hydrazine groups is 1. The number of amides is 2. The van der Waals surface area contributed by atoms with Crippen LogP contribution in [0.25, 0.3) is 0 Å². The smallest absolute Gasteiger partial charge is 0.273 e. The van der Waals surface area contributed by atoms with Crippen LogP contribution in [0.2, 0.25) is 0 Å². The topological polar surface area (TPSA) is 76.7 Å². The Kier molecular flexibility index (Phi) is 9.47. The molecule has 29 heavy (non-hydrogen) atoms. The second-order valence-corrected chi connectivity index (χ2v) is 8.08. The van der Waals surface area contributed by atoms with Crippen LogP contribution in [0, 0.1) is 0 Å². The number of carbonyl (C=O) groups excluding carboxylic acids is 2. The summed E-state index contributed by atoms with van der Waals surface area (Å²) in [6.07, 6.45) is 4.32. The first kappa shape index (κ1) is 23.2. The highest BCUT2D eigenvalue weighted by molar-refractivity contribution is 9.10. The van der Waals surface area contributed by atoms with Crippen molar-refractivity contribution >= 4 is 43.7 Å². The molecule has 0 aliphatic heterocycles. The summed E-state index contributed by atoms with van der Waals surface area (Å²) < 4.78 is 12.3. The molecule has 0 saturated carbocycles. The van der Waals surface area contributed by atoms with Crippen molar-refractivity contribution in [3.05, 3.63) is 56.5 Å². The molecule has 0 spiro atoms. The van der Waals surface area contributed by atoms with Gasteiger partial charge in [-0.1, -0.05) is 42.1 Å². The maximum Gasteiger partial charge on any atom is 0.273 e. The SMILES string of the molecule is CCCCCCOc1ccc(Br)cc1C(=O)NNC(=O)c1ccc(OC)c(Br)c1. The number of unbranched alkanes of at least 4 members (excludes halogenated alkanes) is 3. The van der Waals surface area contributed by atoms with E-state index in [9.17, 15) is 9.59 Å². The van der Waals surface area contributed by atoms with E-state index >= 15 is 0 Å². The fourth-order valence-corrected chi connectivity index (χ4v) is 3.48. The maximum atomic E-state index is 12.6. The Morgan fingerprint density at radius 2 is 1.66 bits per heavy atom. The van der Waals surface area contributed by atoms with Crippen LogP contribution in [0.4, 0.5) is 0 Å². The van der Waals surface area contributed by atoms with Gasteiger partial charge in [-0.2, -0.15) is 0 Å². The summed E-state index contributed by atoms with van der Waals surface area (Å²) in [5, 5.41) is 0. The summed E-state index contributed by atoms with van der Waals surface area (Å²) >= 11 is 6.70. The molecule has 0 unspecified atom stereocenters. The molecule has 0 bridgehead atoms. The van der Waals surface area contributed by atoms with E-state index in [1.807, 2.05) is 6.07 Å². The summed E-state index contributed by atoms with van der Waals surface area (Å²) in [6.45, 7) is 2.69. The van der Waals surface area contributed by atoms with Crippen molar-refractivity contribution in [3.63, 3.8) is 0 Å². The van der Waals surface area contributed by atoms with E-state index in [1.54, 1.807) is 37.4 Å². The molecule has 8 heteroatoms. The lowest BCUT2D eigenvalue weighted by Gasteiger charge is -2.13. The standard InChI is InChI=1S/C21H24Br2N2O4/c1-3-4-5-6-11-29-18-10-8-15(22)13-16(18)21(27)25-24-20(26)14-7-9-19(28-2)17(23)12-14/h7-10,12-13H,3-6,11H2,1-2H3,(H,24,26)(H,25,27). The summed E-state index contributed by atoms with van der Waals surface area (Å²) in [5.74, 6) is 0.179. The van der Waals surface area contributed by atoms with Crippen molar-refractivity contribution in [1.29, 1.82) is 0 Å². The molecule has 2 aromatic rings. The minimum atomic E-state index is -0.462. The van der Waals surface area contributed by atoms with E-state index < -0.39 is 11.8 Å². The fraction of sp³-hybridized carbons (Fsp3) is 0.333. The van der Waals surface area contributed by atoms with Gasteiger partial charge in [0.05, 0.1) is 23.8 Å². The second kappa shape index (κ2) is 11.8. The molecular weight excluding hydrogens is 504 g/mol. The minimum absolute atomic E-state index is 0.339.